The topological polar surface area (TPSA) is 43.8 Å². The summed E-state index contributed by atoms with van der Waals surface area (Å²) in [5.74, 6) is 0. The maximum Gasteiger partial charge on any atom is 0.115 e. The van der Waals surface area contributed by atoms with E-state index < -0.39 is 0 Å². The van der Waals surface area contributed by atoms with Gasteiger partial charge in [0.25, 0.3) is 0 Å². The fraction of sp³-hybridized carbons (Fsp3) is 0.500. The summed E-state index contributed by atoms with van der Waals surface area (Å²) in [5, 5.41) is 4.84. The van der Waals surface area contributed by atoms with Gasteiger partial charge in [-0.1, -0.05) is 43.4 Å². The molecule has 0 amide bonds. The first-order chi connectivity index (χ1) is 10.1. The van der Waals surface area contributed by atoms with E-state index in [0.29, 0.717) is 6.04 Å². The molecule has 3 nitrogen and oxygen atoms in total. The first kappa shape index (κ1) is 14.2. The van der Waals surface area contributed by atoms with Crippen LogP contribution in [0.15, 0.2) is 24.4 Å². The van der Waals surface area contributed by atoms with E-state index in [4.69, 9.17) is 10.8 Å². The SMILES string of the molecule is Cc1ccc(C)c(-c2nn(C3CCCCCC3)cc2N)c1. The Morgan fingerprint density at radius 2 is 1.81 bits per heavy atom. The van der Waals surface area contributed by atoms with E-state index in [2.05, 4.69) is 36.7 Å². The molecule has 3 heteroatoms. The van der Waals surface area contributed by atoms with E-state index in [-0.39, 0.29) is 0 Å². The maximum absolute atomic E-state index is 6.25. The van der Waals surface area contributed by atoms with Crippen molar-refractivity contribution in [1.29, 1.82) is 0 Å². The summed E-state index contributed by atoms with van der Waals surface area (Å²) in [7, 11) is 0. The van der Waals surface area contributed by atoms with Crippen LogP contribution in [0.2, 0.25) is 0 Å². The van der Waals surface area contributed by atoms with Gasteiger partial charge >= 0.3 is 0 Å². The predicted octanol–water partition coefficient (Wildman–Crippen LogP) is 4.64. The lowest BCUT2D eigenvalue weighted by atomic mass is 10.0. The molecule has 2 aromatic rings. The Morgan fingerprint density at radius 1 is 1.10 bits per heavy atom. The molecule has 1 aliphatic carbocycles. The van der Waals surface area contributed by atoms with E-state index >= 15 is 0 Å². The van der Waals surface area contributed by atoms with E-state index in [1.807, 2.05) is 6.20 Å². The van der Waals surface area contributed by atoms with Crippen LogP contribution in [0.3, 0.4) is 0 Å². The molecule has 1 aromatic carbocycles. The molecule has 3 rings (SSSR count). The highest BCUT2D eigenvalue weighted by atomic mass is 15.3. The predicted molar refractivity (Wildman–Crippen MR) is 88.3 cm³/mol. The van der Waals surface area contributed by atoms with E-state index in [9.17, 15) is 0 Å². The monoisotopic (exact) mass is 283 g/mol. The fourth-order valence-electron chi connectivity index (χ4n) is 3.32. The minimum Gasteiger partial charge on any atom is -0.396 e. The summed E-state index contributed by atoms with van der Waals surface area (Å²) >= 11 is 0. The van der Waals surface area contributed by atoms with Crippen LogP contribution in [0.5, 0.6) is 0 Å². The minimum absolute atomic E-state index is 0.522. The molecule has 0 saturated heterocycles. The number of nitrogen functional groups attached to an aromatic ring is 1. The average molecular weight is 283 g/mol. The van der Waals surface area contributed by atoms with Crippen LogP contribution in [0.1, 0.15) is 55.7 Å². The van der Waals surface area contributed by atoms with Gasteiger partial charge in [-0.3, -0.25) is 4.68 Å². The Kier molecular flexibility index (Phi) is 4.00. The summed E-state index contributed by atoms with van der Waals surface area (Å²) in [6.07, 6.45) is 9.83. The Hall–Kier alpha value is -1.77. The fourth-order valence-corrected chi connectivity index (χ4v) is 3.32. The van der Waals surface area contributed by atoms with Crippen molar-refractivity contribution in [2.24, 2.45) is 0 Å². The lowest BCUT2D eigenvalue weighted by Crippen LogP contribution is -2.08. The van der Waals surface area contributed by atoms with Crippen LogP contribution < -0.4 is 5.73 Å². The lowest BCUT2D eigenvalue weighted by molar-refractivity contribution is 0.406. The number of aromatic nitrogens is 2. The van der Waals surface area contributed by atoms with Gasteiger partial charge < -0.3 is 5.73 Å². The van der Waals surface area contributed by atoms with Crippen molar-refractivity contribution in [3.8, 4) is 11.3 Å². The Morgan fingerprint density at radius 3 is 2.52 bits per heavy atom. The standard InChI is InChI=1S/C18H25N3/c1-13-9-10-14(2)16(11-13)18-17(19)12-21(20-18)15-7-5-3-4-6-8-15/h9-12,15H,3-8,19H2,1-2H3. The van der Waals surface area contributed by atoms with Crippen molar-refractivity contribution in [1.82, 2.24) is 9.78 Å². The number of hydrogen-bond donors (Lipinski definition) is 1. The van der Waals surface area contributed by atoms with Crippen molar-refractivity contribution in [2.75, 3.05) is 5.73 Å². The second kappa shape index (κ2) is 5.92. The van der Waals surface area contributed by atoms with Gasteiger partial charge in [-0.2, -0.15) is 5.10 Å². The molecule has 0 spiro atoms. The molecular weight excluding hydrogens is 258 g/mol. The average Bonchev–Trinajstić information content (AvgIpc) is 2.69. The van der Waals surface area contributed by atoms with Crippen molar-refractivity contribution in [3.05, 3.63) is 35.5 Å². The molecule has 0 radical (unpaired) electrons. The van der Waals surface area contributed by atoms with Crippen molar-refractivity contribution < 1.29 is 0 Å². The second-order valence-electron chi connectivity index (χ2n) is 6.38. The number of aryl methyl sites for hydroxylation is 2. The quantitative estimate of drug-likeness (QED) is 0.816. The van der Waals surface area contributed by atoms with Crippen LogP contribution in [0.25, 0.3) is 11.3 Å². The molecule has 112 valence electrons. The molecule has 1 fully saturated rings. The summed E-state index contributed by atoms with van der Waals surface area (Å²) in [6.45, 7) is 4.24. The third kappa shape index (κ3) is 2.97. The highest BCUT2D eigenvalue weighted by Crippen LogP contribution is 2.32. The van der Waals surface area contributed by atoms with E-state index in [1.54, 1.807) is 0 Å². The van der Waals surface area contributed by atoms with Crippen molar-refractivity contribution in [3.63, 3.8) is 0 Å². The van der Waals surface area contributed by atoms with Crippen LogP contribution in [0, 0.1) is 13.8 Å². The van der Waals surface area contributed by atoms with Crippen LogP contribution in [0.4, 0.5) is 5.69 Å². The molecular formula is C18H25N3. The Labute approximate surface area is 127 Å². The molecule has 0 bridgehead atoms. The van der Waals surface area contributed by atoms with Gasteiger partial charge in [0, 0.05) is 11.8 Å². The molecule has 21 heavy (non-hydrogen) atoms. The maximum atomic E-state index is 6.25. The number of rotatable bonds is 2. The highest BCUT2D eigenvalue weighted by Gasteiger charge is 2.18. The van der Waals surface area contributed by atoms with Crippen LogP contribution >= 0.6 is 0 Å². The smallest absolute Gasteiger partial charge is 0.115 e. The normalized spacial score (nSPS) is 16.9. The van der Waals surface area contributed by atoms with E-state index in [1.165, 1.54) is 55.2 Å². The van der Waals surface area contributed by atoms with Gasteiger partial charge in [0.05, 0.1) is 11.7 Å². The Balaban J connectivity index is 1.95. The largest absolute Gasteiger partial charge is 0.396 e. The summed E-state index contributed by atoms with van der Waals surface area (Å²) in [4.78, 5) is 0. The van der Waals surface area contributed by atoms with Crippen LogP contribution in [-0.4, -0.2) is 9.78 Å². The van der Waals surface area contributed by atoms with Gasteiger partial charge in [-0.05, 0) is 38.3 Å². The van der Waals surface area contributed by atoms with Gasteiger partial charge in [-0.15, -0.1) is 0 Å². The van der Waals surface area contributed by atoms with Crippen molar-refractivity contribution in [2.45, 2.75) is 58.4 Å². The highest BCUT2D eigenvalue weighted by molar-refractivity contribution is 5.74. The number of nitrogens with zero attached hydrogens (tertiary/aromatic N) is 2. The summed E-state index contributed by atoms with van der Waals surface area (Å²) < 4.78 is 2.12. The molecule has 0 unspecified atom stereocenters. The van der Waals surface area contributed by atoms with E-state index in [0.717, 1.165) is 11.4 Å². The van der Waals surface area contributed by atoms with Crippen molar-refractivity contribution >= 4 is 5.69 Å². The van der Waals surface area contributed by atoms with Gasteiger partial charge in [0.1, 0.15) is 5.69 Å². The number of benzene rings is 1. The molecule has 1 saturated carbocycles. The first-order valence-electron chi connectivity index (χ1n) is 8.07. The third-order valence-corrected chi connectivity index (χ3v) is 4.61. The summed E-state index contributed by atoms with van der Waals surface area (Å²) in [6, 6.07) is 6.99. The van der Waals surface area contributed by atoms with Gasteiger partial charge in [0.15, 0.2) is 0 Å². The minimum atomic E-state index is 0.522. The third-order valence-electron chi connectivity index (χ3n) is 4.61. The summed E-state index contributed by atoms with van der Waals surface area (Å²) in [5.41, 5.74) is 11.6. The van der Waals surface area contributed by atoms with Crippen LogP contribution in [-0.2, 0) is 0 Å². The molecule has 1 heterocycles. The first-order valence-corrected chi connectivity index (χ1v) is 8.07. The zero-order valence-electron chi connectivity index (χ0n) is 13.1. The molecule has 0 aliphatic heterocycles. The Bertz CT molecular complexity index is 619. The molecule has 1 aromatic heterocycles. The van der Waals surface area contributed by atoms with Gasteiger partial charge in [-0.25, -0.2) is 0 Å². The lowest BCUT2D eigenvalue weighted by Gasteiger charge is -2.14. The number of hydrogen-bond acceptors (Lipinski definition) is 2. The zero-order chi connectivity index (χ0) is 14.8. The number of nitrogens with two attached hydrogens (primary N) is 1. The second-order valence-corrected chi connectivity index (χ2v) is 6.38. The van der Waals surface area contributed by atoms with Gasteiger partial charge in [0.2, 0.25) is 0 Å². The number of anilines is 1. The molecule has 0 atom stereocenters. The molecule has 2 N–H and O–H groups in total. The molecule has 1 aliphatic rings. The zero-order valence-corrected chi connectivity index (χ0v) is 13.1.